The zero-order chi connectivity index (χ0) is 10.3. The minimum absolute atomic E-state index is 0. The van der Waals surface area contributed by atoms with Crippen LogP contribution in [0, 0.1) is 23.7 Å². The van der Waals surface area contributed by atoms with Crippen LogP contribution in [-0.2, 0) is 25.8 Å². The Morgan fingerprint density at radius 3 is 0.667 bits per heavy atom. The maximum Gasteiger partial charge on any atom is 0 e. The van der Waals surface area contributed by atoms with Crippen LogP contribution in [0.25, 0.3) is 0 Å². The standard InChI is InChI=1S/2C6H13.2ClH.Hf/c2*1-5(2)6(3)4;;;/h2*5H,1-4H3;2*1H;/q2*-1;;;. The molecule has 0 aliphatic rings. The Morgan fingerprint density at radius 2 is 0.667 bits per heavy atom. The summed E-state index contributed by atoms with van der Waals surface area (Å²) < 4.78 is 0. The van der Waals surface area contributed by atoms with Crippen molar-refractivity contribution in [2.45, 2.75) is 55.4 Å². The first-order chi connectivity index (χ1) is 5.29. The molecule has 0 atom stereocenters. The SMILES string of the molecule is C[C-](C)C(C)C.C[C-](C)C(C)C.Cl.Cl.[Hf]. The van der Waals surface area contributed by atoms with Gasteiger partial charge in [-0.2, -0.15) is 39.5 Å². The molecule has 0 N–H and O–H groups in total. The molecule has 0 rings (SSSR count). The van der Waals surface area contributed by atoms with E-state index in [4.69, 9.17) is 0 Å². The zero-order valence-corrected chi connectivity index (χ0v) is 16.7. The molecule has 0 radical (unpaired) electrons. The molecule has 0 aliphatic carbocycles. The monoisotopic (exact) mass is 422 g/mol. The molecule has 0 saturated carbocycles. The Kier molecular flexibility index (Phi) is 35.6. The predicted octanol–water partition coefficient (Wildman–Crippen LogP) is 5.35. The molecule has 0 spiro atoms. The summed E-state index contributed by atoms with van der Waals surface area (Å²) in [5.74, 6) is 4.56. The first-order valence-electron chi connectivity index (χ1n) is 4.89. The summed E-state index contributed by atoms with van der Waals surface area (Å²) in [5, 5.41) is 0. The Hall–Kier alpha value is 1.45. The molecule has 0 aliphatic heterocycles. The molecule has 96 valence electrons. The fraction of sp³-hybridized carbons (Fsp3) is 0.833. The molecule has 0 amide bonds. The van der Waals surface area contributed by atoms with Gasteiger partial charge in [0.05, 0.1) is 0 Å². The second-order valence-electron chi connectivity index (χ2n) is 4.46. The zero-order valence-electron chi connectivity index (χ0n) is 11.5. The molecule has 0 aromatic rings. The minimum Gasteiger partial charge on any atom is -0.317 e. The van der Waals surface area contributed by atoms with E-state index >= 15 is 0 Å². The van der Waals surface area contributed by atoms with Gasteiger partial charge < -0.3 is 11.8 Å². The van der Waals surface area contributed by atoms with Crippen LogP contribution in [0.2, 0.25) is 0 Å². The first kappa shape index (κ1) is 30.0. The molecule has 15 heavy (non-hydrogen) atoms. The number of hydrogen-bond acceptors (Lipinski definition) is 0. The second kappa shape index (κ2) is 17.8. The van der Waals surface area contributed by atoms with Gasteiger partial charge in [0, 0.05) is 25.8 Å². The van der Waals surface area contributed by atoms with Crippen molar-refractivity contribution in [1.29, 1.82) is 0 Å². The summed E-state index contributed by atoms with van der Waals surface area (Å²) in [4.78, 5) is 0. The summed E-state index contributed by atoms with van der Waals surface area (Å²) in [5.41, 5.74) is 0. The Morgan fingerprint density at radius 1 is 0.600 bits per heavy atom. The van der Waals surface area contributed by atoms with Gasteiger partial charge >= 0.3 is 0 Å². The van der Waals surface area contributed by atoms with E-state index in [-0.39, 0.29) is 50.7 Å². The fourth-order valence-electron chi connectivity index (χ4n) is 0. The van der Waals surface area contributed by atoms with Gasteiger partial charge in [0.2, 0.25) is 0 Å². The molecule has 0 aromatic heterocycles. The molecule has 0 heterocycles. The fourth-order valence-corrected chi connectivity index (χ4v) is 0. The third-order valence-corrected chi connectivity index (χ3v) is 2.31. The van der Waals surface area contributed by atoms with Crippen LogP contribution >= 0.6 is 24.8 Å². The largest absolute Gasteiger partial charge is 0.317 e. The molecule has 0 nitrogen and oxygen atoms in total. The van der Waals surface area contributed by atoms with E-state index in [2.05, 4.69) is 55.4 Å². The normalized spacial score (nSPS) is 8.80. The van der Waals surface area contributed by atoms with Crippen LogP contribution in [0.1, 0.15) is 55.4 Å². The average molecular weight is 422 g/mol. The summed E-state index contributed by atoms with van der Waals surface area (Å²) in [6, 6.07) is 0. The van der Waals surface area contributed by atoms with E-state index in [9.17, 15) is 0 Å². The van der Waals surface area contributed by atoms with Crippen LogP contribution in [-0.4, -0.2) is 0 Å². The van der Waals surface area contributed by atoms with Crippen molar-refractivity contribution in [2.75, 3.05) is 0 Å². The van der Waals surface area contributed by atoms with Crippen molar-refractivity contribution in [3.8, 4) is 0 Å². The second-order valence-corrected chi connectivity index (χ2v) is 4.46. The van der Waals surface area contributed by atoms with Gasteiger partial charge in [-0.3, -0.25) is 0 Å². The average Bonchev–Trinajstić information content (AvgIpc) is 1.88. The summed E-state index contributed by atoms with van der Waals surface area (Å²) in [7, 11) is 0. The molecule has 0 bridgehead atoms. The topological polar surface area (TPSA) is 0 Å². The molecule has 0 saturated heterocycles. The maximum absolute atomic E-state index is 2.20. The Labute approximate surface area is 129 Å². The molecule has 0 fully saturated rings. The maximum atomic E-state index is 2.20. The van der Waals surface area contributed by atoms with Crippen LogP contribution in [0.15, 0.2) is 0 Å². The molecule has 0 unspecified atom stereocenters. The van der Waals surface area contributed by atoms with Crippen molar-refractivity contribution in [1.82, 2.24) is 0 Å². The van der Waals surface area contributed by atoms with E-state index in [1.807, 2.05) is 0 Å². The third-order valence-electron chi connectivity index (χ3n) is 2.31. The van der Waals surface area contributed by atoms with Crippen molar-refractivity contribution < 1.29 is 25.8 Å². The van der Waals surface area contributed by atoms with Crippen molar-refractivity contribution in [3.05, 3.63) is 11.8 Å². The molecule has 0 aromatic carbocycles. The number of rotatable bonds is 2. The van der Waals surface area contributed by atoms with Crippen LogP contribution in [0.4, 0.5) is 0 Å². The number of halogens is 2. The van der Waals surface area contributed by atoms with Gasteiger partial charge in [0.1, 0.15) is 0 Å². The Balaban J connectivity index is -0.0000000370. The van der Waals surface area contributed by atoms with Gasteiger partial charge in [-0.05, 0) is 0 Å². The van der Waals surface area contributed by atoms with E-state index in [0.717, 1.165) is 11.8 Å². The number of hydrogen-bond donors (Lipinski definition) is 0. The summed E-state index contributed by atoms with van der Waals surface area (Å²) in [6.07, 6.45) is 0. The smallest absolute Gasteiger partial charge is 0 e. The van der Waals surface area contributed by atoms with Gasteiger partial charge in [0.25, 0.3) is 0 Å². The Bertz CT molecular complexity index is 67.6. The quantitative estimate of drug-likeness (QED) is 0.416. The first-order valence-corrected chi connectivity index (χ1v) is 4.89. The van der Waals surface area contributed by atoms with Gasteiger partial charge in [-0.25, -0.2) is 0 Å². The van der Waals surface area contributed by atoms with Crippen LogP contribution < -0.4 is 0 Å². The minimum atomic E-state index is 0. The summed E-state index contributed by atoms with van der Waals surface area (Å²) >= 11 is 0. The van der Waals surface area contributed by atoms with E-state index < -0.39 is 0 Å². The van der Waals surface area contributed by atoms with Crippen LogP contribution in [0.5, 0.6) is 0 Å². The van der Waals surface area contributed by atoms with Crippen molar-refractivity contribution >= 4 is 24.8 Å². The van der Waals surface area contributed by atoms with Gasteiger partial charge in [0.15, 0.2) is 0 Å². The van der Waals surface area contributed by atoms with E-state index in [1.54, 1.807) is 0 Å². The van der Waals surface area contributed by atoms with E-state index in [0.29, 0.717) is 0 Å². The molecular weight excluding hydrogens is 394 g/mol. The summed E-state index contributed by atoms with van der Waals surface area (Å²) in [6.45, 7) is 17.4. The van der Waals surface area contributed by atoms with Gasteiger partial charge in [-0.15, -0.1) is 24.8 Å². The van der Waals surface area contributed by atoms with Crippen LogP contribution in [0.3, 0.4) is 0 Å². The van der Waals surface area contributed by atoms with Gasteiger partial charge in [-0.1, -0.05) is 27.7 Å². The molecule has 3 heteroatoms. The predicted molar refractivity (Wildman–Crippen MR) is 73.4 cm³/mol. The third kappa shape index (κ3) is 31.3. The van der Waals surface area contributed by atoms with Crippen molar-refractivity contribution in [2.24, 2.45) is 11.8 Å². The van der Waals surface area contributed by atoms with E-state index in [1.165, 1.54) is 11.8 Å². The molecular formula is C12H28Cl2Hf-2. The van der Waals surface area contributed by atoms with Crippen molar-refractivity contribution in [3.63, 3.8) is 0 Å².